The molecule has 0 amide bonds. The van der Waals surface area contributed by atoms with Crippen molar-refractivity contribution >= 4 is 22.6 Å². The zero-order valence-corrected chi connectivity index (χ0v) is 11.0. The number of aryl methyl sites for hydroxylation is 1. The minimum absolute atomic E-state index is 0.00567. The van der Waals surface area contributed by atoms with E-state index in [2.05, 4.69) is 11.9 Å². The molecule has 0 saturated heterocycles. The fourth-order valence-corrected chi connectivity index (χ4v) is 2.23. The molecule has 0 fully saturated rings. The Hall–Kier alpha value is -1.06. The molecule has 1 unspecified atom stereocenters. The van der Waals surface area contributed by atoms with Crippen LogP contribution in [0.4, 0.5) is 0 Å². The summed E-state index contributed by atoms with van der Waals surface area (Å²) in [5, 5.41) is 0.731. The van der Waals surface area contributed by atoms with Gasteiger partial charge in [0.1, 0.15) is 5.82 Å². The van der Waals surface area contributed by atoms with E-state index >= 15 is 0 Å². The van der Waals surface area contributed by atoms with Crippen LogP contribution in [-0.2, 0) is 7.05 Å². The summed E-state index contributed by atoms with van der Waals surface area (Å²) in [5.74, 6) is 0.940. The molecule has 2 aromatic rings. The third-order valence-electron chi connectivity index (χ3n) is 3.08. The van der Waals surface area contributed by atoms with E-state index in [1.54, 1.807) is 0 Å². The molecule has 0 aliphatic carbocycles. The van der Waals surface area contributed by atoms with Gasteiger partial charge in [0.15, 0.2) is 0 Å². The maximum Gasteiger partial charge on any atom is 0.126 e. The number of halogens is 1. The van der Waals surface area contributed by atoms with Gasteiger partial charge < -0.3 is 10.3 Å². The maximum atomic E-state index is 6.17. The van der Waals surface area contributed by atoms with Gasteiger partial charge in [-0.3, -0.25) is 0 Å². The highest BCUT2D eigenvalue weighted by molar-refractivity contribution is 6.31. The second kappa shape index (κ2) is 5.07. The molecule has 92 valence electrons. The molecule has 1 atom stereocenters. The van der Waals surface area contributed by atoms with Crippen LogP contribution < -0.4 is 5.73 Å². The summed E-state index contributed by atoms with van der Waals surface area (Å²) in [6, 6.07) is 5.73. The van der Waals surface area contributed by atoms with Crippen LogP contribution in [0, 0.1) is 0 Å². The van der Waals surface area contributed by atoms with Crippen molar-refractivity contribution < 1.29 is 0 Å². The van der Waals surface area contributed by atoms with Crippen LogP contribution in [-0.4, -0.2) is 9.55 Å². The first-order valence-corrected chi connectivity index (χ1v) is 6.38. The molecule has 4 heteroatoms. The lowest BCUT2D eigenvalue weighted by Gasteiger charge is -2.10. The van der Waals surface area contributed by atoms with Gasteiger partial charge in [0, 0.05) is 12.1 Å². The van der Waals surface area contributed by atoms with Crippen molar-refractivity contribution in [2.75, 3.05) is 0 Å². The normalized spacial score (nSPS) is 13.2. The summed E-state index contributed by atoms with van der Waals surface area (Å²) in [4.78, 5) is 4.59. The van der Waals surface area contributed by atoms with E-state index in [1.807, 2.05) is 29.8 Å². The fourth-order valence-electron chi connectivity index (χ4n) is 2.07. The van der Waals surface area contributed by atoms with Crippen molar-refractivity contribution in [3.63, 3.8) is 0 Å². The first-order chi connectivity index (χ1) is 8.13. The maximum absolute atomic E-state index is 6.17. The van der Waals surface area contributed by atoms with Crippen LogP contribution in [0.2, 0.25) is 5.02 Å². The Kier molecular flexibility index (Phi) is 3.69. The molecule has 2 N–H and O–H groups in total. The molecule has 1 heterocycles. The highest BCUT2D eigenvalue weighted by Crippen LogP contribution is 2.23. The van der Waals surface area contributed by atoms with Crippen LogP contribution >= 0.6 is 11.6 Å². The third kappa shape index (κ3) is 2.45. The summed E-state index contributed by atoms with van der Waals surface area (Å²) >= 11 is 5.99. The Morgan fingerprint density at radius 3 is 2.94 bits per heavy atom. The van der Waals surface area contributed by atoms with Gasteiger partial charge in [0.2, 0.25) is 0 Å². The SMILES string of the molecule is CCCCC(N)c1nc2ccc(Cl)cc2n1C. The number of hydrogen-bond donors (Lipinski definition) is 1. The van der Waals surface area contributed by atoms with Crippen molar-refractivity contribution in [3.8, 4) is 0 Å². The summed E-state index contributed by atoms with van der Waals surface area (Å²) in [5.41, 5.74) is 8.17. The first kappa shape index (κ1) is 12.4. The Bertz CT molecular complexity index is 519. The van der Waals surface area contributed by atoms with Gasteiger partial charge in [-0.25, -0.2) is 4.98 Å². The zero-order valence-electron chi connectivity index (χ0n) is 10.3. The highest BCUT2D eigenvalue weighted by Gasteiger charge is 2.14. The lowest BCUT2D eigenvalue weighted by Crippen LogP contribution is -2.15. The number of benzene rings is 1. The van der Waals surface area contributed by atoms with Crippen LogP contribution in [0.15, 0.2) is 18.2 Å². The van der Waals surface area contributed by atoms with Crippen LogP contribution in [0.3, 0.4) is 0 Å². The molecular weight excluding hydrogens is 234 g/mol. The minimum atomic E-state index is 0.00567. The Morgan fingerprint density at radius 2 is 2.24 bits per heavy atom. The number of hydrogen-bond acceptors (Lipinski definition) is 2. The van der Waals surface area contributed by atoms with Gasteiger partial charge in [-0.1, -0.05) is 31.4 Å². The molecule has 0 bridgehead atoms. The van der Waals surface area contributed by atoms with E-state index in [0.29, 0.717) is 0 Å². The summed E-state index contributed by atoms with van der Waals surface area (Å²) < 4.78 is 2.04. The quantitative estimate of drug-likeness (QED) is 0.905. The monoisotopic (exact) mass is 251 g/mol. The zero-order chi connectivity index (χ0) is 12.4. The molecule has 2 rings (SSSR count). The third-order valence-corrected chi connectivity index (χ3v) is 3.31. The number of nitrogens with zero attached hydrogens (tertiary/aromatic N) is 2. The summed E-state index contributed by atoms with van der Waals surface area (Å²) in [7, 11) is 1.99. The largest absolute Gasteiger partial charge is 0.330 e. The molecular formula is C13H18ClN3. The van der Waals surface area contributed by atoms with E-state index < -0.39 is 0 Å². The van der Waals surface area contributed by atoms with Gasteiger partial charge in [0.25, 0.3) is 0 Å². The molecule has 1 aromatic carbocycles. The number of imidazole rings is 1. The van der Waals surface area contributed by atoms with Crippen molar-refractivity contribution in [2.45, 2.75) is 32.2 Å². The number of fused-ring (bicyclic) bond motifs is 1. The van der Waals surface area contributed by atoms with Gasteiger partial charge in [-0.2, -0.15) is 0 Å². The first-order valence-electron chi connectivity index (χ1n) is 6.01. The summed E-state index contributed by atoms with van der Waals surface area (Å²) in [6.07, 6.45) is 3.26. The Labute approximate surface area is 107 Å². The lowest BCUT2D eigenvalue weighted by atomic mass is 10.1. The van der Waals surface area contributed by atoms with Crippen molar-refractivity contribution in [1.82, 2.24) is 9.55 Å². The number of nitrogens with two attached hydrogens (primary N) is 1. The van der Waals surface area contributed by atoms with E-state index in [4.69, 9.17) is 17.3 Å². The number of unbranched alkanes of at least 4 members (excludes halogenated alkanes) is 1. The van der Waals surface area contributed by atoms with Crippen LogP contribution in [0.25, 0.3) is 11.0 Å². The van der Waals surface area contributed by atoms with Gasteiger partial charge in [-0.05, 0) is 24.6 Å². The molecule has 17 heavy (non-hydrogen) atoms. The average Bonchev–Trinajstić information content (AvgIpc) is 2.64. The number of aromatic nitrogens is 2. The smallest absolute Gasteiger partial charge is 0.126 e. The highest BCUT2D eigenvalue weighted by atomic mass is 35.5. The predicted octanol–water partition coefficient (Wildman–Crippen LogP) is 3.42. The second-order valence-corrected chi connectivity index (χ2v) is 4.85. The second-order valence-electron chi connectivity index (χ2n) is 4.41. The minimum Gasteiger partial charge on any atom is -0.330 e. The average molecular weight is 252 g/mol. The van der Waals surface area contributed by atoms with Gasteiger partial charge in [0.05, 0.1) is 17.1 Å². The summed E-state index contributed by atoms with van der Waals surface area (Å²) in [6.45, 7) is 2.17. The van der Waals surface area contributed by atoms with E-state index in [0.717, 1.165) is 41.1 Å². The lowest BCUT2D eigenvalue weighted by molar-refractivity contribution is 0.561. The fraction of sp³-hybridized carbons (Fsp3) is 0.462. The molecule has 3 nitrogen and oxygen atoms in total. The standard InChI is InChI=1S/C13H18ClN3/c1-3-4-5-10(15)13-16-11-7-6-9(14)8-12(11)17(13)2/h6-8,10H,3-5,15H2,1-2H3. The van der Waals surface area contributed by atoms with E-state index in [1.165, 1.54) is 0 Å². The number of rotatable bonds is 4. The molecule has 0 spiro atoms. The molecule has 1 aromatic heterocycles. The van der Waals surface area contributed by atoms with Crippen LogP contribution in [0.5, 0.6) is 0 Å². The van der Waals surface area contributed by atoms with Crippen LogP contribution in [0.1, 0.15) is 38.1 Å². The molecule has 0 aliphatic heterocycles. The molecule has 0 aliphatic rings. The van der Waals surface area contributed by atoms with Crippen molar-refractivity contribution in [3.05, 3.63) is 29.0 Å². The van der Waals surface area contributed by atoms with Crippen molar-refractivity contribution in [1.29, 1.82) is 0 Å². The van der Waals surface area contributed by atoms with Gasteiger partial charge in [-0.15, -0.1) is 0 Å². The predicted molar refractivity (Wildman–Crippen MR) is 72.2 cm³/mol. The Morgan fingerprint density at radius 1 is 1.47 bits per heavy atom. The molecule has 0 radical (unpaired) electrons. The van der Waals surface area contributed by atoms with E-state index in [-0.39, 0.29) is 6.04 Å². The van der Waals surface area contributed by atoms with Crippen molar-refractivity contribution in [2.24, 2.45) is 12.8 Å². The topological polar surface area (TPSA) is 43.8 Å². The van der Waals surface area contributed by atoms with Gasteiger partial charge >= 0.3 is 0 Å². The van der Waals surface area contributed by atoms with E-state index in [9.17, 15) is 0 Å². The Balaban J connectivity index is 2.38. The molecule has 0 saturated carbocycles.